The Labute approximate surface area is 112 Å². The number of unbranched alkanes of at least 4 members (excludes halogenated alkanes) is 3. The number of rotatable bonds is 8. The Morgan fingerprint density at radius 1 is 0.944 bits per heavy atom. The third-order valence-electron chi connectivity index (χ3n) is 3.78. The molecule has 0 saturated carbocycles. The molecule has 2 heteroatoms. The summed E-state index contributed by atoms with van der Waals surface area (Å²) in [4.78, 5) is 9.01. The maximum atomic E-state index is 4.61. The third kappa shape index (κ3) is 4.40. The largest absolute Gasteiger partial charge is 0.258 e. The summed E-state index contributed by atoms with van der Waals surface area (Å²) in [6.07, 6.45) is 12.8. The number of hydrogen-bond donors (Lipinski definition) is 0. The highest BCUT2D eigenvalue weighted by atomic mass is 14.8. The molecule has 1 atom stereocenters. The van der Waals surface area contributed by atoms with Gasteiger partial charge in [-0.1, -0.05) is 52.9 Å². The molecule has 1 rings (SSSR count). The number of hydrogen-bond acceptors (Lipinski definition) is 2. The molecule has 0 fully saturated rings. The van der Waals surface area contributed by atoms with Gasteiger partial charge in [-0.05, 0) is 19.8 Å². The van der Waals surface area contributed by atoms with E-state index in [-0.39, 0.29) is 5.41 Å². The van der Waals surface area contributed by atoms with Gasteiger partial charge in [0, 0.05) is 17.8 Å². The fraction of sp³-hybridized carbons (Fsp3) is 0.750. The highest BCUT2D eigenvalue weighted by molar-refractivity contribution is 5.13. The standard InChI is InChI=1S/C16H28N2/c1-5-7-8-9-11-16(4,10-6-2)15-13-17-14(3)12-18-15/h12-13H,5-11H2,1-4H3. The fourth-order valence-electron chi connectivity index (χ4n) is 2.58. The van der Waals surface area contributed by atoms with E-state index in [4.69, 9.17) is 0 Å². The van der Waals surface area contributed by atoms with Gasteiger partial charge in [-0.3, -0.25) is 9.97 Å². The summed E-state index contributed by atoms with van der Waals surface area (Å²) >= 11 is 0. The van der Waals surface area contributed by atoms with Crippen LogP contribution in [0.1, 0.15) is 77.1 Å². The van der Waals surface area contributed by atoms with Crippen molar-refractivity contribution in [2.75, 3.05) is 0 Å². The van der Waals surface area contributed by atoms with E-state index in [1.165, 1.54) is 50.6 Å². The second kappa shape index (κ2) is 7.50. The monoisotopic (exact) mass is 248 g/mol. The zero-order valence-electron chi connectivity index (χ0n) is 12.5. The molecule has 0 bridgehead atoms. The maximum absolute atomic E-state index is 4.61. The first-order valence-corrected chi connectivity index (χ1v) is 7.41. The minimum absolute atomic E-state index is 0.211. The second-order valence-corrected chi connectivity index (χ2v) is 5.66. The van der Waals surface area contributed by atoms with Crippen molar-refractivity contribution in [3.63, 3.8) is 0 Å². The molecule has 0 aliphatic rings. The van der Waals surface area contributed by atoms with Crippen LogP contribution in [0.25, 0.3) is 0 Å². The first kappa shape index (κ1) is 15.1. The fourth-order valence-corrected chi connectivity index (χ4v) is 2.58. The molecule has 1 heterocycles. The van der Waals surface area contributed by atoms with Gasteiger partial charge in [0.25, 0.3) is 0 Å². The predicted molar refractivity (Wildman–Crippen MR) is 77.8 cm³/mol. The zero-order chi connectivity index (χ0) is 13.4. The predicted octanol–water partition coefficient (Wildman–Crippen LogP) is 4.81. The van der Waals surface area contributed by atoms with Crippen LogP contribution < -0.4 is 0 Å². The lowest BCUT2D eigenvalue weighted by Crippen LogP contribution is -2.23. The van der Waals surface area contributed by atoms with Gasteiger partial charge in [-0.25, -0.2) is 0 Å². The Morgan fingerprint density at radius 2 is 1.72 bits per heavy atom. The molecule has 1 aromatic heterocycles. The first-order chi connectivity index (χ1) is 8.62. The lowest BCUT2D eigenvalue weighted by molar-refractivity contribution is 0.366. The average Bonchev–Trinajstić information content (AvgIpc) is 2.36. The van der Waals surface area contributed by atoms with E-state index >= 15 is 0 Å². The molecule has 2 nitrogen and oxygen atoms in total. The van der Waals surface area contributed by atoms with Crippen molar-refractivity contribution in [3.05, 3.63) is 23.8 Å². The molecule has 0 radical (unpaired) electrons. The van der Waals surface area contributed by atoms with Crippen LogP contribution in [0.4, 0.5) is 0 Å². The molecule has 18 heavy (non-hydrogen) atoms. The van der Waals surface area contributed by atoms with Crippen molar-refractivity contribution < 1.29 is 0 Å². The van der Waals surface area contributed by atoms with Gasteiger partial charge in [0.05, 0.1) is 11.4 Å². The van der Waals surface area contributed by atoms with Crippen molar-refractivity contribution in [2.45, 2.75) is 78.1 Å². The van der Waals surface area contributed by atoms with Gasteiger partial charge < -0.3 is 0 Å². The summed E-state index contributed by atoms with van der Waals surface area (Å²) in [7, 11) is 0. The van der Waals surface area contributed by atoms with E-state index in [0.717, 1.165) is 5.69 Å². The highest BCUT2D eigenvalue weighted by Crippen LogP contribution is 2.33. The van der Waals surface area contributed by atoms with E-state index in [0.29, 0.717) is 0 Å². The molecule has 1 unspecified atom stereocenters. The summed E-state index contributed by atoms with van der Waals surface area (Å²) in [6.45, 7) is 8.86. The summed E-state index contributed by atoms with van der Waals surface area (Å²) < 4.78 is 0. The maximum Gasteiger partial charge on any atom is 0.0645 e. The Kier molecular flexibility index (Phi) is 6.31. The number of nitrogens with zero attached hydrogens (tertiary/aromatic N) is 2. The van der Waals surface area contributed by atoms with E-state index in [9.17, 15) is 0 Å². The summed E-state index contributed by atoms with van der Waals surface area (Å²) in [5.41, 5.74) is 2.39. The molecule has 0 aromatic carbocycles. The Morgan fingerprint density at radius 3 is 2.28 bits per heavy atom. The van der Waals surface area contributed by atoms with Crippen LogP contribution in [-0.2, 0) is 5.41 Å². The third-order valence-corrected chi connectivity index (χ3v) is 3.78. The average molecular weight is 248 g/mol. The van der Waals surface area contributed by atoms with Gasteiger partial charge >= 0.3 is 0 Å². The van der Waals surface area contributed by atoms with Gasteiger partial charge in [-0.2, -0.15) is 0 Å². The minimum Gasteiger partial charge on any atom is -0.258 e. The van der Waals surface area contributed by atoms with Crippen LogP contribution in [0.2, 0.25) is 0 Å². The van der Waals surface area contributed by atoms with Crippen LogP contribution in [0.3, 0.4) is 0 Å². The first-order valence-electron chi connectivity index (χ1n) is 7.41. The van der Waals surface area contributed by atoms with Crippen LogP contribution in [0.15, 0.2) is 12.4 Å². The zero-order valence-corrected chi connectivity index (χ0v) is 12.5. The normalized spacial score (nSPS) is 14.4. The second-order valence-electron chi connectivity index (χ2n) is 5.66. The Bertz CT molecular complexity index is 331. The Balaban J connectivity index is 2.69. The van der Waals surface area contributed by atoms with E-state index < -0.39 is 0 Å². The molecule has 0 N–H and O–H groups in total. The van der Waals surface area contributed by atoms with Gasteiger partial charge in [0.1, 0.15) is 0 Å². The van der Waals surface area contributed by atoms with Crippen LogP contribution in [0, 0.1) is 6.92 Å². The van der Waals surface area contributed by atoms with Crippen LogP contribution in [-0.4, -0.2) is 9.97 Å². The van der Waals surface area contributed by atoms with Gasteiger partial charge in [0.2, 0.25) is 0 Å². The number of aromatic nitrogens is 2. The van der Waals surface area contributed by atoms with Crippen molar-refractivity contribution in [1.82, 2.24) is 9.97 Å². The minimum atomic E-state index is 0.211. The molecule has 0 saturated heterocycles. The van der Waals surface area contributed by atoms with E-state index in [1.807, 2.05) is 19.3 Å². The van der Waals surface area contributed by atoms with E-state index in [1.54, 1.807) is 0 Å². The summed E-state index contributed by atoms with van der Waals surface area (Å²) in [5, 5.41) is 0. The molecule has 0 aliphatic heterocycles. The molecule has 0 amide bonds. The van der Waals surface area contributed by atoms with E-state index in [2.05, 4.69) is 30.7 Å². The van der Waals surface area contributed by atoms with Crippen molar-refractivity contribution in [1.29, 1.82) is 0 Å². The summed E-state index contributed by atoms with van der Waals surface area (Å²) in [6, 6.07) is 0. The molecule has 1 aromatic rings. The van der Waals surface area contributed by atoms with Crippen LogP contribution >= 0.6 is 0 Å². The van der Waals surface area contributed by atoms with Crippen LogP contribution in [0.5, 0.6) is 0 Å². The van der Waals surface area contributed by atoms with Gasteiger partial charge in [0.15, 0.2) is 0 Å². The van der Waals surface area contributed by atoms with Crippen molar-refractivity contribution >= 4 is 0 Å². The van der Waals surface area contributed by atoms with Gasteiger partial charge in [-0.15, -0.1) is 0 Å². The topological polar surface area (TPSA) is 25.8 Å². The van der Waals surface area contributed by atoms with Crippen molar-refractivity contribution in [3.8, 4) is 0 Å². The molecular weight excluding hydrogens is 220 g/mol. The molecular formula is C16H28N2. The SMILES string of the molecule is CCCCCCC(C)(CCC)c1cnc(C)cn1. The quantitative estimate of drug-likeness (QED) is 0.617. The lowest BCUT2D eigenvalue weighted by Gasteiger charge is -2.28. The molecule has 102 valence electrons. The number of aryl methyl sites for hydroxylation is 1. The Hall–Kier alpha value is -0.920. The molecule has 0 spiro atoms. The smallest absolute Gasteiger partial charge is 0.0645 e. The highest BCUT2D eigenvalue weighted by Gasteiger charge is 2.26. The lowest BCUT2D eigenvalue weighted by atomic mass is 9.78. The summed E-state index contributed by atoms with van der Waals surface area (Å²) in [5.74, 6) is 0. The van der Waals surface area contributed by atoms with Crippen molar-refractivity contribution in [2.24, 2.45) is 0 Å². The molecule has 0 aliphatic carbocycles.